The molecule has 0 aliphatic carbocycles. The van der Waals surface area contributed by atoms with Gasteiger partial charge in [0.15, 0.2) is 23.3 Å². The standard InChI is InChI=1S/C6HF11OSi3/c7-1-2(8)4(10)6(5(11)3(1)9)19(12,18)21(16,17)20(13,14)15/h18H. The second-order valence-electron chi connectivity index (χ2n) is 3.64. The lowest BCUT2D eigenvalue weighted by Gasteiger charge is -2.24. The molecule has 21 heavy (non-hydrogen) atoms. The second-order valence-corrected chi connectivity index (χ2v) is 16.5. The lowest BCUT2D eigenvalue weighted by molar-refractivity contribution is 0.377. The zero-order valence-electron chi connectivity index (χ0n) is 9.10. The van der Waals surface area contributed by atoms with Crippen molar-refractivity contribution in [3.8, 4) is 0 Å². The predicted octanol–water partition coefficient (Wildman–Crippen LogP) is 2.38. The van der Waals surface area contributed by atoms with E-state index in [2.05, 4.69) is 0 Å². The van der Waals surface area contributed by atoms with Gasteiger partial charge in [-0.2, -0.15) is 0 Å². The van der Waals surface area contributed by atoms with E-state index in [1.807, 2.05) is 0 Å². The second kappa shape index (κ2) is 5.06. The first-order valence-electron chi connectivity index (χ1n) is 4.55. The van der Waals surface area contributed by atoms with E-state index >= 15 is 0 Å². The number of benzene rings is 1. The third kappa shape index (κ3) is 2.51. The molecule has 0 aliphatic rings. The molecule has 120 valence electrons. The molecule has 1 aromatic rings. The minimum atomic E-state index is -8.27. The lowest BCUT2D eigenvalue weighted by Crippen LogP contribution is -2.74. The average molecular weight is 382 g/mol. The van der Waals surface area contributed by atoms with Crippen LogP contribution in [0.5, 0.6) is 0 Å². The smallest absolute Gasteiger partial charge is 0.403 e. The molecule has 0 saturated carbocycles. The van der Waals surface area contributed by atoms with Crippen molar-refractivity contribution in [2.45, 2.75) is 0 Å². The third-order valence-corrected chi connectivity index (χ3v) is 15.9. The van der Waals surface area contributed by atoms with Crippen LogP contribution in [0.25, 0.3) is 0 Å². The van der Waals surface area contributed by atoms with Crippen molar-refractivity contribution in [2.24, 2.45) is 0 Å². The van der Waals surface area contributed by atoms with Gasteiger partial charge in [0, 0.05) is 0 Å². The van der Waals surface area contributed by atoms with Gasteiger partial charge in [0.25, 0.3) is 0 Å². The zero-order valence-corrected chi connectivity index (χ0v) is 12.1. The van der Waals surface area contributed by atoms with E-state index in [4.69, 9.17) is 4.80 Å². The number of hydrogen-bond acceptors (Lipinski definition) is 1. The molecule has 1 rings (SSSR count). The van der Waals surface area contributed by atoms with Crippen LogP contribution in [0.1, 0.15) is 0 Å². The highest BCUT2D eigenvalue weighted by molar-refractivity contribution is 7.60. The summed E-state index contributed by atoms with van der Waals surface area (Å²) in [5.74, 6) is -15.2. The van der Waals surface area contributed by atoms with E-state index in [9.17, 15) is 46.6 Å². The Balaban J connectivity index is 3.76. The molecular weight excluding hydrogens is 381 g/mol. The van der Waals surface area contributed by atoms with Gasteiger partial charge in [-0.3, -0.25) is 12.3 Å². The largest absolute Gasteiger partial charge is 0.664 e. The zero-order chi connectivity index (χ0) is 17.0. The minimum Gasteiger partial charge on any atom is -0.403 e. The Kier molecular flexibility index (Phi) is 4.36. The summed E-state index contributed by atoms with van der Waals surface area (Å²) < 4.78 is 140. The van der Waals surface area contributed by atoms with Gasteiger partial charge in [0.05, 0.1) is 5.19 Å². The van der Waals surface area contributed by atoms with Gasteiger partial charge < -0.3 is 4.80 Å². The number of halogens is 11. The topological polar surface area (TPSA) is 20.2 Å². The first kappa shape index (κ1) is 18.1. The molecule has 0 radical (unpaired) electrons. The van der Waals surface area contributed by atoms with Crippen LogP contribution in [0.15, 0.2) is 0 Å². The Hall–Kier alpha value is -0.939. The van der Waals surface area contributed by atoms with Crippen molar-refractivity contribution >= 4 is 29.7 Å². The molecule has 1 atom stereocenters. The quantitative estimate of drug-likeness (QED) is 0.280. The van der Waals surface area contributed by atoms with Crippen molar-refractivity contribution < 1.29 is 51.4 Å². The Bertz CT molecular complexity index is 553. The van der Waals surface area contributed by atoms with Crippen LogP contribution in [-0.2, 0) is 0 Å². The molecule has 1 nitrogen and oxygen atoms in total. The van der Waals surface area contributed by atoms with Gasteiger partial charge in [0.2, 0.25) is 5.82 Å². The first-order chi connectivity index (χ1) is 9.18. The van der Waals surface area contributed by atoms with E-state index < -0.39 is 58.8 Å². The van der Waals surface area contributed by atoms with Gasteiger partial charge in [-0.25, -0.2) is 34.3 Å². The Morgan fingerprint density at radius 1 is 0.571 bits per heavy atom. The fourth-order valence-corrected chi connectivity index (χ4v) is 9.96. The molecule has 0 aliphatic heterocycles. The van der Waals surface area contributed by atoms with Crippen LogP contribution in [0.2, 0.25) is 0 Å². The van der Waals surface area contributed by atoms with Crippen LogP contribution < -0.4 is 5.19 Å². The highest BCUT2D eigenvalue weighted by Gasteiger charge is 2.85. The molecular formula is C6HF11OSi3. The maximum atomic E-state index is 13.5. The van der Waals surface area contributed by atoms with E-state index in [0.717, 1.165) is 0 Å². The predicted molar refractivity (Wildman–Crippen MR) is 52.0 cm³/mol. The third-order valence-electron chi connectivity index (χ3n) is 2.31. The Morgan fingerprint density at radius 3 is 1.14 bits per heavy atom. The first-order valence-corrected chi connectivity index (χ1v) is 11.8. The molecule has 0 heterocycles. The number of hydrogen-bond donors (Lipinski definition) is 1. The summed E-state index contributed by atoms with van der Waals surface area (Å²) in [6.07, 6.45) is 0. The summed E-state index contributed by atoms with van der Waals surface area (Å²) in [6.45, 7) is 0. The van der Waals surface area contributed by atoms with Crippen LogP contribution in [0.3, 0.4) is 0 Å². The molecule has 15 heteroatoms. The van der Waals surface area contributed by atoms with Crippen molar-refractivity contribution in [3.63, 3.8) is 0 Å². The monoisotopic (exact) mass is 382 g/mol. The molecule has 0 aromatic heterocycles. The van der Waals surface area contributed by atoms with Gasteiger partial charge in [0.1, 0.15) is 0 Å². The highest BCUT2D eigenvalue weighted by Crippen LogP contribution is 2.35. The molecule has 0 bridgehead atoms. The van der Waals surface area contributed by atoms with Crippen LogP contribution >= 0.6 is 0 Å². The van der Waals surface area contributed by atoms with Crippen LogP contribution in [0.4, 0.5) is 46.6 Å². The summed E-state index contributed by atoms with van der Waals surface area (Å²) in [7, 11) is -24.3. The van der Waals surface area contributed by atoms with Crippen LogP contribution in [-0.4, -0.2) is 29.3 Å². The fourth-order valence-electron chi connectivity index (χ4n) is 1.24. The normalized spacial score (nSPS) is 16.0. The summed E-state index contributed by atoms with van der Waals surface area (Å²) in [4.78, 5) is 8.71. The summed E-state index contributed by atoms with van der Waals surface area (Å²) >= 11 is 0. The summed E-state index contributed by atoms with van der Waals surface area (Å²) in [5, 5.41) is -3.11. The van der Waals surface area contributed by atoms with Gasteiger partial charge in [-0.1, -0.05) is 0 Å². The molecule has 0 spiro atoms. The maximum Gasteiger partial charge on any atom is 0.664 e. The number of rotatable bonds is 3. The molecule has 0 saturated heterocycles. The van der Waals surface area contributed by atoms with Gasteiger partial charge in [-0.05, 0) is 0 Å². The SMILES string of the molecule is O[Si](F)(c1c(F)c(F)c(F)c(F)c1F)[Si](F)(F)[Si](F)(F)F. The fraction of sp³-hybridized carbons (Fsp3) is 0. The van der Waals surface area contributed by atoms with Crippen molar-refractivity contribution in [2.75, 3.05) is 0 Å². The van der Waals surface area contributed by atoms with E-state index in [-0.39, 0.29) is 0 Å². The average Bonchev–Trinajstić information content (AvgIpc) is 2.32. The van der Waals surface area contributed by atoms with Gasteiger partial charge >= 0.3 is 24.5 Å². The Labute approximate surface area is 111 Å². The molecule has 1 N–H and O–H groups in total. The molecule has 1 aromatic carbocycles. The van der Waals surface area contributed by atoms with Crippen molar-refractivity contribution in [3.05, 3.63) is 29.1 Å². The van der Waals surface area contributed by atoms with Crippen molar-refractivity contribution in [1.29, 1.82) is 0 Å². The maximum absolute atomic E-state index is 13.5. The van der Waals surface area contributed by atoms with Crippen LogP contribution in [0, 0.1) is 29.1 Å². The molecule has 0 fully saturated rings. The van der Waals surface area contributed by atoms with E-state index in [0.29, 0.717) is 0 Å². The summed E-state index contributed by atoms with van der Waals surface area (Å²) in [5.41, 5.74) is 0. The van der Waals surface area contributed by atoms with Crippen molar-refractivity contribution in [1.82, 2.24) is 0 Å². The molecule has 0 amide bonds. The summed E-state index contributed by atoms with van der Waals surface area (Å²) in [6, 6.07) is 0. The molecule has 1 unspecified atom stereocenters. The highest BCUT2D eigenvalue weighted by atomic mass is 29.7. The van der Waals surface area contributed by atoms with E-state index in [1.165, 1.54) is 0 Å². The van der Waals surface area contributed by atoms with Gasteiger partial charge in [-0.15, -0.1) is 0 Å². The lowest BCUT2D eigenvalue weighted by atomic mass is 10.3. The minimum absolute atomic E-state index is 2.88. The van der Waals surface area contributed by atoms with E-state index in [1.54, 1.807) is 0 Å². The Morgan fingerprint density at radius 2 is 0.857 bits per heavy atom.